The molecule has 14 nitrogen and oxygen atoms in total. The van der Waals surface area contributed by atoms with Gasteiger partial charge in [0.1, 0.15) is 29.8 Å². The first kappa shape index (κ1) is 34.0. The zero-order valence-corrected chi connectivity index (χ0v) is 27.5. The molecule has 2 aliphatic heterocycles. The summed E-state index contributed by atoms with van der Waals surface area (Å²) in [5.74, 6) is -2.96. The van der Waals surface area contributed by atoms with E-state index in [1.165, 1.54) is 11.0 Å². The van der Waals surface area contributed by atoms with Crippen LogP contribution < -0.4 is 32.6 Å². The van der Waals surface area contributed by atoms with Crippen molar-refractivity contribution in [3.05, 3.63) is 88.6 Å². The van der Waals surface area contributed by atoms with Gasteiger partial charge in [-0.1, -0.05) is 24.8 Å². The first-order valence-corrected chi connectivity index (χ1v) is 16.5. The summed E-state index contributed by atoms with van der Waals surface area (Å²) >= 11 is 0. The van der Waals surface area contributed by atoms with Crippen molar-refractivity contribution >= 4 is 57.1 Å². The van der Waals surface area contributed by atoms with E-state index in [-0.39, 0.29) is 13.0 Å². The lowest BCUT2D eigenvalue weighted by Crippen LogP contribution is -2.57. The number of nitrogens with one attached hydrogen (secondary N) is 5. The fourth-order valence-electron chi connectivity index (χ4n) is 6.71. The zero-order chi connectivity index (χ0) is 35.5. The number of nitrogens with zero attached hydrogens (tertiary/aromatic N) is 1. The predicted molar refractivity (Wildman–Crippen MR) is 186 cm³/mol. The van der Waals surface area contributed by atoms with Gasteiger partial charge in [0.15, 0.2) is 0 Å². The van der Waals surface area contributed by atoms with Crippen molar-refractivity contribution < 1.29 is 28.4 Å². The van der Waals surface area contributed by atoms with E-state index in [0.29, 0.717) is 48.0 Å². The Labute approximate surface area is 286 Å². The first-order chi connectivity index (χ1) is 24.0. The van der Waals surface area contributed by atoms with E-state index in [4.69, 9.17) is 10.2 Å². The van der Waals surface area contributed by atoms with E-state index in [0.717, 1.165) is 22.0 Å². The second kappa shape index (κ2) is 14.3. The van der Waals surface area contributed by atoms with Gasteiger partial charge in [-0.25, -0.2) is 4.79 Å². The number of anilines is 1. The third-order valence-corrected chi connectivity index (χ3v) is 9.24. The van der Waals surface area contributed by atoms with E-state index in [1.54, 1.807) is 31.3 Å². The fourth-order valence-corrected chi connectivity index (χ4v) is 6.71. The standard InChI is InChI=1S/C36H39N7O7/c1-19-14-32(45)50-30-16-22(10-11-23(19)30)40-34(47)27(15-21-18-38-25-7-4-3-6-24(21)25)41-35(48)29-8-5-13-43(29)36(49)28(17-31(37)44)42-33(46)26-12-9-20(2)39-26/h3-4,6-7,10-11,14,16,18,26-29,38-39H,2,5,8-9,12-13,15,17H2,1H3,(H2,37,44)(H,40,47)(H,41,48)(H,42,46). The van der Waals surface area contributed by atoms with E-state index in [9.17, 15) is 28.8 Å². The van der Waals surface area contributed by atoms with Crippen LogP contribution in [-0.2, 0) is 30.4 Å². The molecule has 4 aromatic rings. The topological polar surface area (TPSA) is 209 Å². The van der Waals surface area contributed by atoms with Crippen molar-refractivity contribution in [3.63, 3.8) is 0 Å². The number of para-hydroxylation sites is 1. The SMILES string of the molecule is C=C1CCC(C(=O)NC(CC(N)=O)C(=O)N2CCCC2C(=O)NC(Cc2c[nH]c3ccccc23)C(=O)Nc2ccc3c(C)cc(=O)oc3c2)N1. The Hall–Kier alpha value is -5.92. The fraction of sp³-hybridized carbons (Fsp3) is 0.333. The molecule has 0 saturated carbocycles. The number of aryl methyl sites for hydroxylation is 1. The molecule has 50 heavy (non-hydrogen) atoms. The number of hydrogen-bond acceptors (Lipinski definition) is 8. The summed E-state index contributed by atoms with van der Waals surface area (Å²) in [6.45, 7) is 5.82. The predicted octanol–water partition coefficient (Wildman–Crippen LogP) is 1.87. The highest BCUT2D eigenvalue weighted by Gasteiger charge is 2.40. The van der Waals surface area contributed by atoms with Crippen molar-refractivity contribution in [1.29, 1.82) is 0 Å². The van der Waals surface area contributed by atoms with E-state index < -0.39 is 65.7 Å². The minimum Gasteiger partial charge on any atom is -0.423 e. The summed E-state index contributed by atoms with van der Waals surface area (Å²) in [6, 6.07) is 10.0. The van der Waals surface area contributed by atoms with Crippen LogP contribution in [-0.4, -0.2) is 70.1 Å². The van der Waals surface area contributed by atoms with Gasteiger partial charge in [0, 0.05) is 59.0 Å². The maximum absolute atomic E-state index is 13.9. The van der Waals surface area contributed by atoms with Gasteiger partial charge in [-0.05, 0) is 61.9 Å². The minimum atomic E-state index is -1.27. The number of aromatic nitrogens is 1. The molecule has 2 aromatic carbocycles. The van der Waals surface area contributed by atoms with Crippen LogP contribution in [0.3, 0.4) is 0 Å². The Kier molecular flexibility index (Phi) is 9.70. The van der Waals surface area contributed by atoms with Gasteiger partial charge in [0.25, 0.3) is 0 Å². The Morgan fingerprint density at radius 2 is 1.80 bits per heavy atom. The van der Waals surface area contributed by atoms with Gasteiger partial charge in [-0.15, -0.1) is 0 Å². The van der Waals surface area contributed by atoms with Gasteiger partial charge in [-0.2, -0.15) is 0 Å². The molecule has 260 valence electrons. The highest BCUT2D eigenvalue weighted by molar-refractivity contribution is 6.01. The largest absolute Gasteiger partial charge is 0.423 e. The molecular formula is C36H39N7O7. The lowest BCUT2D eigenvalue weighted by atomic mass is 10.0. The van der Waals surface area contributed by atoms with Gasteiger partial charge in [0.2, 0.25) is 29.5 Å². The van der Waals surface area contributed by atoms with Crippen molar-refractivity contribution in [3.8, 4) is 0 Å². The Morgan fingerprint density at radius 1 is 1.02 bits per heavy atom. The Balaban J connectivity index is 1.22. The highest BCUT2D eigenvalue weighted by atomic mass is 16.4. The summed E-state index contributed by atoms with van der Waals surface area (Å²) in [5.41, 5.74) is 8.67. The lowest BCUT2D eigenvalue weighted by Gasteiger charge is -2.30. The Morgan fingerprint density at radius 3 is 2.56 bits per heavy atom. The van der Waals surface area contributed by atoms with Gasteiger partial charge >= 0.3 is 5.63 Å². The number of allylic oxidation sites excluding steroid dienone is 1. The number of aromatic amines is 1. The van der Waals surface area contributed by atoms with Crippen LogP contribution in [0.15, 0.2) is 76.2 Å². The summed E-state index contributed by atoms with van der Waals surface area (Å²) in [5, 5.41) is 12.9. The summed E-state index contributed by atoms with van der Waals surface area (Å²) in [6.07, 6.45) is 3.34. The second-order valence-corrected chi connectivity index (χ2v) is 12.8. The number of H-pyrrole nitrogens is 1. The number of likely N-dealkylation sites (tertiary alicyclic amines) is 1. The molecule has 7 N–H and O–H groups in total. The normalized spacial score (nSPS) is 18.4. The molecule has 6 rings (SSSR count). The molecule has 0 spiro atoms. The molecular weight excluding hydrogens is 642 g/mol. The maximum atomic E-state index is 13.9. The van der Waals surface area contributed by atoms with Crippen molar-refractivity contribution in [2.75, 3.05) is 11.9 Å². The van der Waals surface area contributed by atoms with Crippen LogP contribution in [0.1, 0.15) is 43.2 Å². The molecule has 2 fully saturated rings. The maximum Gasteiger partial charge on any atom is 0.336 e. The van der Waals surface area contributed by atoms with Gasteiger partial charge in [0.05, 0.1) is 6.42 Å². The number of nitrogens with two attached hydrogens (primary N) is 1. The number of rotatable bonds is 11. The van der Waals surface area contributed by atoms with Crippen LogP contribution in [0.2, 0.25) is 0 Å². The van der Waals surface area contributed by atoms with Crippen LogP contribution in [0.5, 0.6) is 0 Å². The lowest BCUT2D eigenvalue weighted by molar-refractivity contribution is -0.143. The van der Waals surface area contributed by atoms with Gasteiger partial charge in [-0.3, -0.25) is 24.0 Å². The van der Waals surface area contributed by atoms with Crippen LogP contribution in [0.4, 0.5) is 5.69 Å². The molecule has 4 atom stereocenters. The molecule has 4 unspecified atom stereocenters. The average Bonchev–Trinajstić information content (AvgIpc) is 3.84. The van der Waals surface area contributed by atoms with Crippen LogP contribution in [0, 0.1) is 6.92 Å². The average molecular weight is 682 g/mol. The molecule has 2 aromatic heterocycles. The van der Waals surface area contributed by atoms with E-state index in [1.807, 2.05) is 24.3 Å². The van der Waals surface area contributed by atoms with E-state index >= 15 is 0 Å². The quantitative estimate of drug-likeness (QED) is 0.129. The van der Waals surface area contributed by atoms with Crippen LogP contribution >= 0.6 is 0 Å². The smallest absolute Gasteiger partial charge is 0.336 e. The molecule has 0 bridgehead atoms. The van der Waals surface area contributed by atoms with Crippen molar-refractivity contribution in [1.82, 2.24) is 25.8 Å². The van der Waals surface area contributed by atoms with E-state index in [2.05, 4.69) is 32.8 Å². The third-order valence-electron chi connectivity index (χ3n) is 9.24. The molecule has 2 aliphatic rings. The van der Waals surface area contributed by atoms with Crippen molar-refractivity contribution in [2.45, 2.75) is 69.6 Å². The number of primary amides is 1. The number of fused-ring (bicyclic) bond motifs is 2. The Bertz CT molecular complexity index is 2070. The molecule has 5 amide bonds. The van der Waals surface area contributed by atoms with Crippen molar-refractivity contribution in [2.24, 2.45) is 5.73 Å². The highest BCUT2D eigenvalue weighted by Crippen LogP contribution is 2.24. The number of carbonyl (C=O) groups is 5. The molecule has 2 saturated heterocycles. The molecule has 0 aliphatic carbocycles. The molecule has 14 heteroatoms. The zero-order valence-electron chi connectivity index (χ0n) is 27.5. The molecule has 4 heterocycles. The number of benzene rings is 2. The number of hydrogen-bond donors (Lipinski definition) is 6. The monoisotopic (exact) mass is 681 g/mol. The van der Waals surface area contributed by atoms with Crippen LogP contribution in [0.25, 0.3) is 21.9 Å². The summed E-state index contributed by atoms with van der Waals surface area (Å²) in [4.78, 5) is 83.0. The molecule has 0 radical (unpaired) electrons. The number of amides is 5. The summed E-state index contributed by atoms with van der Waals surface area (Å²) in [7, 11) is 0. The second-order valence-electron chi connectivity index (χ2n) is 12.8. The third kappa shape index (κ3) is 7.38. The van der Waals surface area contributed by atoms with Gasteiger partial charge < -0.3 is 41.3 Å². The first-order valence-electron chi connectivity index (χ1n) is 16.5. The number of carbonyl (C=O) groups excluding carboxylic acids is 5. The minimum absolute atomic E-state index is 0.115. The summed E-state index contributed by atoms with van der Waals surface area (Å²) < 4.78 is 5.35.